The molecule has 0 aromatic rings. The summed E-state index contributed by atoms with van der Waals surface area (Å²) in [5.74, 6) is -1.72. The molecule has 3 aliphatic heterocycles. The van der Waals surface area contributed by atoms with Crippen LogP contribution < -0.4 is 0 Å². The van der Waals surface area contributed by atoms with Gasteiger partial charge in [-0.3, -0.25) is 0 Å². The van der Waals surface area contributed by atoms with Gasteiger partial charge in [-0.05, 0) is 37.7 Å². The highest BCUT2D eigenvalue weighted by molar-refractivity contribution is 5.82. The number of allylic oxidation sites excluding steroid dienone is 2. The topological polar surface area (TPSA) is 144 Å². The molecule has 1 saturated carbocycles. The monoisotopic (exact) mass is 548 g/mol. The first-order valence-electron chi connectivity index (χ1n) is 13.9. The quantitative estimate of drug-likeness (QED) is 0.263. The fourth-order valence-corrected chi connectivity index (χ4v) is 7.09. The largest absolute Gasteiger partial charge is 0.463 e. The van der Waals surface area contributed by atoms with Gasteiger partial charge in [0.2, 0.25) is 0 Å². The number of aliphatic hydroxyl groups is 3. The number of carbonyl (C=O) groups is 2. The van der Waals surface area contributed by atoms with E-state index >= 15 is 0 Å². The zero-order chi connectivity index (χ0) is 28.0. The van der Waals surface area contributed by atoms with Crippen LogP contribution in [0.5, 0.6) is 0 Å². The van der Waals surface area contributed by atoms with Crippen LogP contribution in [0.1, 0.15) is 46.5 Å². The number of cyclic esters (lactones) is 1. The maximum Gasteiger partial charge on any atom is 0.335 e. The molecule has 10 nitrogen and oxygen atoms in total. The van der Waals surface area contributed by atoms with Gasteiger partial charge in [0.1, 0.15) is 24.4 Å². The Bertz CT molecular complexity index is 1040. The summed E-state index contributed by atoms with van der Waals surface area (Å²) in [7, 11) is 0. The third-order valence-corrected chi connectivity index (χ3v) is 9.81. The minimum atomic E-state index is -1.37. The summed E-state index contributed by atoms with van der Waals surface area (Å²) in [5, 5.41) is 30.7. The Hall–Kier alpha value is -2.08. The second-order valence-electron chi connectivity index (χ2n) is 11.9. The summed E-state index contributed by atoms with van der Waals surface area (Å²) in [6.07, 6.45) is 5.77. The van der Waals surface area contributed by atoms with E-state index in [1.54, 1.807) is 32.1 Å². The molecular formula is C29H40O10. The first-order chi connectivity index (χ1) is 18.6. The zero-order valence-corrected chi connectivity index (χ0v) is 22.8. The maximum absolute atomic E-state index is 13.1. The van der Waals surface area contributed by atoms with Crippen molar-refractivity contribution < 1.29 is 48.6 Å². The molecular weight excluding hydrogens is 508 g/mol. The lowest BCUT2D eigenvalue weighted by Gasteiger charge is -2.58. The summed E-state index contributed by atoms with van der Waals surface area (Å²) in [6, 6.07) is 0. The molecule has 3 heterocycles. The SMILES string of the molecule is CC(O)C1C=C/C=C\C(=O)O[C@@H]2C[C@H]3O[C@@H]4C=C(CO)CC[C@]4(COC(=O)C(O)C(C)CCO1)[C@]2(C)C31CO1. The second kappa shape index (κ2) is 10.7. The molecule has 0 radical (unpaired) electrons. The van der Waals surface area contributed by atoms with Crippen LogP contribution in [0.3, 0.4) is 0 Å². The number of rotatable bonds is 2. The Kier molecular flexibility index (Phi) is 7.82. The van der Waals surface area contributed by atoms with E-state index in [9.17, 15) is 24.9 Å². The Labute approximate surface area is 228 Å². The van der Waals surface area contributed by atoms with Gasteiger partial charge in [-0.1, -0.05) is 38.2 Å². The standard InChI is InChI=1S/C29H40O10/c1-17-9-11-35-20(18(2)31)6-4-5-7-24(32)39-21-13-23-29(16-37-29)27(21,3)28(15-36-26(34)25(17)33)10-8-19(14-30)12-22(28)38-23/h4-7,12,17-18,20-23,25,30-31,33H,8-11,13-16H2,1-3H3/b6-4?,7-5-/t17?,18?,20?,21-,22-,23-,25?,27-,28-,29?/m1/s1. The molecule has 0 amide bonds. The number of hydrogen-bond acceptors (Lipinski definition) is 10. The molecule has 2 saturated heterocycles. The molecule has 3 fully saturated rings. The average Bonchev–Trinajstić information content (AvgIpc) is 3.69. The summed E-state index contributed by atoms with van der Waals surface area (Å²) in [6.45, 7) is 5.87. The highest BCUT2D eigenvalue weighted by atomic mass is 16.6. The fraction of sp³-hybridized carbons (Fsp3) is 0.724. The molecule has 2 spiro atoms. The predicted octanol–water partition coefficient (Wildman–Crippen LogP) is 1.37. The van der Waals surface area contributed by atoms with E-state index in [1.807, 2.05) is 13.0 Å². The first kappa shape index (κ1) is 28.4. The van der Waals surface area contributed by atoms with E-state index in [-0.39, 0.29) is 25.9 Å². The Morgan fingerprint density at radius 3 is 2.64 bits per heavy atom. The lowest BCUT2D eigenvalue weighted by atomic mass is 9.51. The van der Waals surface area contributed by atoms with E-state index in [2.05, 4.69) is 0 Å². The molecule has 5 aliphatic rings. The molecule has 2 bridgehead atoms. The summed E-state index contributed by atoms with van der Waals surface area (Å²) in [5.41, 5.74) is -1.39. The molecule has 10 atom stereocenters. The number of aliphatic hydroxyl groups excluding tert-OH is 3. The van der Waals surface area contributed by atoms with Crippen molar-refractivity contribution in [1.82, 2.24) is 0 Å². The number of esters is 2. The van der Waals surface area contributed by atoms with Crippen molar-refractivity contribution in [2.75, 3.05) is 26.4 Å². The second-order valence-corrected chi connectivity index (χ2v) is 11.9. The van der Waals surface area contributed by atoms with Crippen LogP contribution in [0.25, 0.3) is 0 Å². The molecule has 5 unspecified atom stereocenters. The van der Waals surface area contributed by atoms with Crippen molar-refractivity contribution in [3.8, 4) is 0 Å². The van der Waals surface area contributed by atoms with Crippen LogP contribution in [-0.2, 0) is 33.3 Å². The lowest BCUT2D eigenvalue weighted by Crippen LogP contribution is -2.67. The van der Waals surface area contributed by atoms with Crippen LogP contribution in [0, 0.1) is 16.7 Å². The molecule has 216 valence electrons. The van der Waals surface area contributed by atoms with Gasteiger partial charge in [0.05, 0.1) is 36.9 Å². The Morgan fingerprint density at radius 2 is 1.95 bits per heavy atom. The third-order valence-electron chi connectivity index (χ3n) is 9.81. The Morgan fingerprint density at radius 1 is 1.18 bits per heavy atom. The molecule has 2 aliphatic carbocycles. The van der Waals surface area contributed by atoms with E-state index in [0.29, 0.717) is 32.3 Å². The van der Waals surface area contributed by atoms with Gasteiger partial charge in [0.25, 0.3) is 0 Å². The first-order valence-corrected chi connectivity index (χ1v) is 13.9. The summed E-state index contributed by atoms with van der Waals surface area (Å²) >= 11 is 0. The van der Waals surface area contributed by atoms with Gasteiger partial charge in [0, 0.05) is 24.5 Å². The fourth-order valence-electron chi connectivity index (χ4n) is 7.09. The van der Waals surface area contributed by atoms with Crippen LogP contribution in [0.15, 0.2) is 36.0 Å². The van der Waals surface area contributed by atoms with Gasteiger partial charge in [0.15, 0.2) is 6.10 Å². The smallest absolute Gasteiger partial charge is 0.335 e. The molecule has 0 aromatic carbocycles. The molecule has 0 aromatic heterocycles. The van der Waals surface area contributed by atoms with E-state index in [1.165, 1.54) is 6.08 Å². The summed E-state index contributed by atoms with van der Waals surface area (Å²) < 4.78 is 30.3. The zero-order valence-electron chi connectivity index (χ0n) is 22.8. The van der Waals surface area contributed by atoms with Crippen molar-refractivity contribution in [1.29, 1.82) is 0 Å². The predicted molar refractivity (Wildman–Crippen MR) is 137 cm³/mol. The highest BCUT2D eigenvalue weighted by Gasteiger charge is 2.83. The van der Waals surface area contributed by atoms with Gasteiger partial charge < -0.3 is 39.0 Å². The van der Waals surface area contributed by atoms with Crippen molar-refractivity contribution in [2.24, 2.45) is 16.7 Å². The lowest BCUT2D eigenvalue weighted by molar-refractivity contribution is -0.235. The molecule has 5 rings (SSSR count). The van der Waals surface area contributed by atoms with E-state index in [0.717, 1.165) is 5.57 Å². The minimum Gasteiger partial charge on any atom is -0.463 e. The van der Waals surface area contributed by atoms with Gasteiger partial charge in [-0.25, -0.2) is 9.59 Å². The van der Waals surface area contributed by atoms with Crippen molar-refractivity contribution in [2.45, 2.75) is 88.7 Å². The number of hydrogen-bond donors (Lipinski definition) is 3. The van der Waals surface area contributed by atoms with Crippen molar-refractivity contribution >= 4 is 11.9 Å². The third kappa shape index (κ3) is 4.69. The van der Waals surface area contributed by atoms with Crippen LogP contribution in [-0.4, -0.2) is 95.9 Å². The molecule has 10 heteroatoms. The average molecular weight is 549 g/mol. The molecule has 3 N–H and O–H groups in total. The number of ether oxygens (including phenoxy) is 5. The maximum atomic E-state index is 13.1. The van der Waals surface area contributed by atoms with Gasteiger partial charge in [-0.2, -0.15) is 0 Å². The van der Waals surface area contributed by atoms with Crippen molar-refractivity contribution in [3.63, 3.8) is 0 Å². The normalized spacial score (nSPS) is 46.3. The number of epoxide rings is 1. The van der Waals surface area contributed by atoms with Gasteiger partial charge >= 0.3 is 11.9 Å². The van der Waals surface area contributed by atoms with Gasteiger partial charge in [-0.15, -0.1) is 0 Å². The van der Waals surface area contributed by atoms with E-state index in [4.69, 9.17) is 23.7 Å². The Balaban J connectivity index is 1.51. The van der Waals surface area contributed by atoms with Crippen LogP contribution in [0.2, 0.25) is 0 Å². The van der Waals surface area contributed by atoms with E-state index < -0.39 is 64.8 Å². The number of carbonyl (C=O) groups excluding carboxylic acids is 2. The van der Waals surface area contributed by atoms with Crippen molar-refractivity contribution in [3.05, 3.63) is 36.0 Å². The summed E-state index contributed by atoms with van der Waals surface area (Å²) in [4.78, 5) is 26.1. The molecule has 39 heavy (non-hydrogen) atoms. The van der Waals surface area contributed by atoms with Crippen LogP contribution in [0.4, 0.5) is 0 Å². The minimum absolute atomic E-state index is 0.0585. The van der Waals surface area contributed by atoms with Crippen LogP contribution >= 0.6 is 0 Å². The highest BCUT2D eigenvalue weighted by Crippen LogP contribution is 2.72.